The average molecular weight is 211 g/mol. The second-order valence-electron chi connectivity index (χ2n) is 3.68. The summed E-state index contributed by atoms with van der Waals surface area (Å²) in [5, 5.41) is 2.88. The first kappa shape index (κ1) is 8.97. The maximum absolute atomic E-state index is 11.1. The van der Waals surface area contributed by atoms with Crippen LogP contribution in [0.2, 0.25) is 0 Å². The Balaban J connectivity index is 2.64. The Bertz CT molecular complexity index is 744. The fourth-order valence-corrected chi connectivity index (χ4v) is 1.95. The fraction of sp³-hybridized carbons (Fsp3) is 0. The number of benzene rings is 2. The molecule has 1 heterocycles. The number of rotatable bonds is 0. The minimum atomic E-state index is -0.359. The second-order valence-corrected chi connectivity index (χ2v) is 3.68. The maximum atomic E-state index is 11.1. The lowest BCUT2D eigenvalue weighted by atomic mass is 10.0. The quantitative estimate of drug-likeness (QED) is 0.353. The van der Waals surface area contributed by atoms with E-state index in [1.54, 1.807) is 12.1 Å². The number of fused-ring (bicyclic) bond motifs is 3. The highest BCUT2D eigenvalue weighted by Gasteiger charge is 2.05. The van der Waals surface area contributed by atoms with Crippen molar-refractivity contribution < 1.29 is 4.42 Å². The minimum Gasteiger partial charge on any atom is -0.423 e. The average Bonchev–Trinajstić information content (AvgIpc) is 2.29. The Hall–Kier alpha value is -2.29. The van der Waals surface area contributed by atoms with Gasteiger partial charge in [-0.25, -0.2) is 4.79 Å². The summed E-state index contributed by atoms with van der Waals surface area (Å²) in [5.74, 6) is 0. The molecule has 1 aromatic heterocycles. The summed E-state index contributed by atoms with van der Waals surface area (Å²) in [7, 11) is 0. The molecule has 3 nitrogen and oxygen atoms in total. The molecule has 0 saturated carbocycles. The van der Waals surface area contributed by atoms with Crippen LogP contribution >= 0.6 is 0 Å². The molecular weight excluding hydrogens is 202 g/mol. The summed E-state index contributed by atoms with van der Waals surface area (Å²) in [6.07, 6.45) is 0. The van der Waals surface area contributed by atoms with Crippen molar-refractivity contribution in [3.8, 4) is 0 Å². The van der Waals surface area contributed by atoms with Crippen molar-refractivity contribution in [2.75, 3.05) is 5.73 Å². The number of hydrogen-bond donors (Lipinski definition) is 1. The normalized spacial score (nSPS) is 11.0. The third kappa shape index (κ3) is 1.18. The molecule has 0 aliphatic rings. The third-order valence-electron chi connectivity index (χ3n) is 2.68. The first-order valence-corrected chi connectivity index (χ1v) is 4.97. The number of hydrogen-bond acceptors (Lipinski definition) is 3. The van der Waals surface area contributed by atoms with Crippen molar-refractivity contribution in [1.82, 2.24) is 0 Å². The molecule has 0 unspecified atom stereocenters. The van der Waals surface area contributed by atoms with E-state index in [-0.39, 0.29) is 5.63 Å². The second kappa shape index (κ2) is 3.10. The molecule has 2 aromatic carbocycles. The highest BCUT2D eigenvalue weighted by atomic mass is 16.4. The summed E-state index contributed by atoms with van der Waals surface area (Å²) in [6.45, 7) is 0. The molecule has 0 fully saturated rings. The van der Waals surface area contributed by atoms with Gasteiger partial charge in [0.15, 0.2) is 0 Å². The van der Waals surface area contributed by atoms with Gasteiger partial charge < -0.3 is 10.2 Å². The summed E-state index contributed by atoms with van der Waals surface area (Å²) >= 11 is 0. The molecule has 0 atom stereocenters. The molecule has 0 saturated heterocycles. The van der Waals surface area contributed by atoms with E-state index in [1.807, 2.05) is 24.3 Å². The van der Waals surface area contributed by atoms with Gasteiger partial charge in [-0.2, -0.15) is 0 Å². The van der Waals surface area contributed by atoms with Gasteiger partial charge in [-0.3, -0.25) is 0 Å². The predicted octanol–water partition coefficient (Wildman–Crippen LogP) is 2.53. The smallest absolute Gasteiger partial charge is 0.336 e. The van der Waals surface area contributed by atoms with Gasteiger partial charge in [0.2, 0.25) is 0 Å². The molecule has 3 aromatic rings. The molecule has 0 radical (unpaired) electrons. The van der Waals surface area contributed by atoms with E-state index in [0.717, 1.165) is 16.2 Å². The first-order chi connectivity index (χ1) is 7.75. The van der Waals surface area contributed by atoms with Gasteiger partial charge in [-0.05, 0) is 11.5 Å². The monoisotopic (exact) mass is 211 g/mol. The summed E-state index contributed by atoms with van der Waals surface area (Å²) in [5.41, 5.74) is 6.71. The van der Waals surface area contributed by atoms with Crippen LogP contribution in [0.25, 0.3) is 21.7 Å². The van der Waals surface area contributed by atoms with Gasteiger partial charge in [-0.15, -0.1) is 0 Å². The van der Waals surface area contributed by atoms with E-state index in [1.165, 1.54) is 6.07 Å². The topological polar surface area (TPSA) is 56.2 Å². The lowest BCUT2D eigenvalue weighted by Crippen LogP contribution is -1.96. The van der Waals surface area contributed by atoms with Crippen LogP contribution in [0.15, 0.2) is 51.7 Å². The van der Waals surface area contributed by atoms with Crippen LogP contribution in [0.5, 0.6) is 0 Å². The van der Waals surface area contributed by atoms with Crippen LogP contribution in [-0.2, 0) is 0 Å². The third-order valence-corrected chi connectivity index (χ3v) is 2.68. The lowest BCUT2D eigenvalue weighted by Gasteiger charge is -2.05. The number of anilines is 1. The number of nitrogens with two attached hydrogens (primary N) is 1. The Labute approximate surface area is 91.1 Å². The van der Waals surface area contributed by atoms with E-state index < -0.39 is 0 Å². The predicted molar refractivity (Wildman–Crippen MR) is 64.4 cm³/mol. The lowest BCUT2D eigenvalue weighted by molar-refractivity contribution is 0.561. The SMILES string of the molecule is Nc1cc2oc(=O)ccc2c2ccccc12. The Morgan fingerprint density at radius 3 is 2.50 bits per heavy atom. The van der Waals surface area contributed by atoms with Crippen molar-refractivity contribution >= 4 is 27.4 Å². The molecule has 78 valence electrons. The zero-order chi connectivity index (χ0) is 11.1. The molecule has 0 aliphatic carbocycles. The van der Waals surface area contributed by atoms with Crippen molar-refractivity contribution in [2.45, 2.75) is 0 Å². The number of nitrogen functional groups attached to an aromatic ring is 1. The Morgan fingerprint density at radius 1 is 0.938 bits per heavy atom. The Morgan fingerprint density at radius 2 is 1.69 bits per heavy atom. The van der Waals surface area contributed by atoms with Gasteiger partial charge in [0.25, 0.3) is 0 Å². The van der Waals surface area contributed by atoms with Crippen molar-refractivity contribution in [3.63, 3.8) is 0 Å². The van der Waals surface area contributed by atoms with Gasteiger partial charge >= 0.3 is 5.63 Å². The molecule has 16 heavy (non-hydrogen) atoms. The molecule has 2 N–H and O–H groups in total. The molecule has 0 bridgehead atoms. The van der Waals surface area contributed by atoms with Gasteiger partial charge in [0, 0.05) is 28.6 Å². The van der Waals surface area contributed by atoms with Crippen LogP contribution in [0, 0.1) is 0 Å². The zero-order valence-corrected chi connectivity index (χ0v) is 8.44. The van der Waals surface area contributed by atoms with E-state index in [0.29, 0.717) is 11.3 Å². The van der Waals surface area contributed by atoms with E-state index in [2.05, 4.69) is 0 Å². The maximum Gasteiger partial charge on any atom is 0.336 e. The standard InChI is InChI=1S/C13H9NO2/c14-11-7-12-10(5-6-13(15)16-12)8-3-1-2-4-9(8)11/h1-7H,14H2. The molecule has 0 spiro atoms. The minimum absolute atomic E-state index is 0.359. The Kier molecular flexibility index (Phi) is 1.74. The van der Waals surface area contributed by atoms with E-state index >= 15 is 0 Å². The molecule has 3 rings (SSSR count). The van der Waals surface area contributed by atoms with Gasteiger partial charge in [0.1, 0.15) is 5.58 Å². The fourth-order valence-electron chi connectivity index (χ4n) is 1.95. The largest absolute Gasteiger partial charge is 0.423 e. The molecule has 0 amide bonds. The van der Waals surface area contributed by atoms with E-state index in [9.17, 15) is 4.79 Å². The van der Waals surface area contributed by atoms with E-state index in [4.69, 9.17) is 10.2 Å². The highest BCUT2D eigenvalue weighted by Crippen LogP contribution is 2.28. The van der Waals surface area contributed by atoms with Gasteiger partial charge in [-0.1, -0.05) is 24.3 Å². The summed E-state index contributed by atoms with van der Waals surface area (Å²) < 4.78 is 5.12. The summed E-state index contributed by atoms with van der Waals surface area (Å²) in [6, 6.07) is 12.7. The zero-order valence-electron chi connectivity index (χ0n) is 8.44. The van der Waals surface area contributed by atoms with Crippen LogP contribution in [0.3, 0.4) is 0 Å². The van der Waals surface area contributed by atoms with Crippen molar-refractivity contribution in [3.05, 3.63) is 52.9 Å². The van der Waals surface area contributed by atoms with Crippen LogP contribution < -0.4 is 11.4 Å². The van der Waals surface area contributed by atoms with Gasteiger partial charge in [0.05, 0.1) is 0 Å². The molecule has 0 aliphatic heterocycles. The summed E-state index contributed by atoms with van der Waals surface area (Å²) in [4.78, 5) is 11.1. The van der Waals surface area contributed by atoms with Crippen LogP contribution in [0.4, 0.5) is 5.69 Å². The molecule has 3 heteroatoms. The van der Waals surface area contributed by atoms with Crippen LogP contribution in [0.1, 0.15) is 0 Å². The van der Waals surface area contributed by atoms with Crippen molar-refractivity contribution in [2.24, 2.45) is 0 Å². The molecular formula is C13H9NO2. The van der Waals surface area contributed by atoms with Crippen LogP contribution in [-0.4, -0.2) is 0 Å². The van der Waals surface area contributed by atoms with Crippen molar-refractivity contribution in [1.29, 1.82) is 0 Å². The first-order valence-electron chi connectivity index (χ1n) is 4.97. The highest BCUT2D eigenvalue weighted by molar-refractivity contribution is 6.10.